The van der Waals surface area contributed by atoms with Crippen molar-refractivity contribution < 1.29 is 14.1 Å². The molecular weight excluding hydrogens is 484 g/mol. The molecule has 0 saturated carbocycles. The van der Waals surface area contributed by atoms with Crippen LogP contribution < -0.4 is 5.32 Å². The molecule has 180 valence electrons. The number of likely N-dealkylation sites (tertiary alicyclic amines) is 1. The number of aryl methyl sites for hydroxylation is 2. The first-order chi connectivity index (χ1) is 17.0. The van der Waals surface area contributed by atoms with E-state index in [1.165, 1.54) is 22.7 Å². The Kier molecular flexibility index (Phi) is 6.69. The van der Waals surface area contributed by atoms with E-state index in [0.29, 0.717) is 40.9 Å². The van der Waals surface area contributed by atoms with Crippen LogP contribution in [-0.4, -0.2) is 50.1 Å². The fourth-order valence-corrected chi connectivity index (χ4v) is 5.74. The van der Waals surface area contributed by atoms with Crippen molar-refractivity contribution in [3.8, 4) is 11.3 Å². The van der Waals surface area contributed by atoms with Crippen LogP contribution in [0.25, 0.3) is 11.3 Å². The third-order valence-corrected chi connectivity index (χ3v) is 7.99. The fraction of sp³-hybridized carbons (Fsp3) is 0.333. The zero-order valence-corrected chi connectivity index (χ0v) is 21.0. The molecule has 1 aliphatic rings. The monoisotopic (exact) mass is 508 g/mol. The van der Waals surface area contributed by atoms with E-state index in [1.807, 2.05) is 42.2 Å². The lowest BCUT2D eigenvalue weighted by atomic mass is 9.96. The number of hydrogen-bond acceptors (Lipinski definition) is 9. The maximum absolute atomic E-state index is 13.4. The van der Waals surface area contributed by atoms with Crippen molar-refractivity contribution >= 4 is 39.6 Å². The van der Waals surface area contributed by atoms with Crippen LogP contribution in [0.3, 0.4) is 0 Å². The van der Waals surface area contributed by atoms with Crippen molar-refractivity contribution in [3.05, 3.63) is 62.7 Å². The predicted molar refractivity (Wildman–Crippen MR) is 134 cm³/mol. The van der Waals surface area contributed by atoms with Crippen LogP contribution in [0, 0.1) is 6.92 Å². The van der Waals surface area contributed by atoms with Crippen molar-refractivity contribution in [3.63, 3.8) is 0 Å². The van der Waals surface area contributed by atoms with E-state index in [0.717, 1.165) is 34.8 Å². The summed E-state index contributed by atoms with van der Waals surface area (Å²) in [5.41, 5.74) is 2.33. The Bertz CT molecular complexity index is 1340. The Labute approximate surface area is 210 Å². The highest BCUT2D eigenvalue weighted by Crippen LogP contribution is 2.33. The third kappa shape index (κ3) is 4.87. The van der Waals surface area contributed by atoms with Gasteiger partial charge >= 0.3 is 0 Å². The lowest BCUT2D eigenvalue weighted by Gasteiger charge is -2.31. The second-order valence-corrected chi connectivity index (χ2v) is 10.2. The molecule has 3 aromatic heterocycles. The summed E-state index contributed by atoms with van der Waals surface area (Å²) in [7, 11) is 0. The molecule has 0 radical (unpaired) electrons. The summed E-state index contributed by atoms with van der Waals surface area (Å²) in [4.78, 5) is 32.4. The molecule has 2 amide bonds. The summed E-state index contributed by atoms with van der Waals surface area (Å²) < 4.78 is 5.38. The van der Waals surface area contributed by atoms with E-state index in [1.54, 1.807) is 12.3 Å². The number of aromatic nitrogens is 4. The fourth-order valence-electron chi connectivity index (χ4n) is 4.09. The maximum atomic E-state index is 13.4. The normalized spacial score (nSPS) is 14.3. The Balaban J connectivity index is 1.22. The average molecular weight is 509 g/mol. The van der Waals surface area contributed by atoms with Gasteiger partial charge in [0.15, 0.2) is 0 Å². The van der Waals surface area contributed by atoms with E-state index < -0.39 is 0 Å². The second kappa shape index (κ2) is 10.0. The van der Waals surface area contributed by atoms with Crippen molar-refractivity contribution in [1.82, 2.24) is 25.2 Å². The van der Waals surface area contributed by atoms with Crippen molar-refractivity contribution in [2.45, 2.75) is 39.0 Å². The van der Waals surface area contributed by atoms with Crippen LogP contribution in [0.4, 0.5) is 5.13 Å². The van der Waals surface area contributed by atoms with E-state index in [9.17, 15) is 9.59 Å². The summed E-state index contributed by atoms with van der Waals surface area (Å²) in [6.45, 7) is 4.97. The number of carbonyl (C=O) groups excluding carboxylic acids is 2. The summed E-state index contributed by atoms with van der Waals surface area (Å²) in [6.07, 6.45) is 2.34. The molecule has 0 spiro atoms. The number of thiazole rings is 1. The van der Waals surface area contributed by atoms with Gasteiger partial charge in [-0.15, -0.1) is 21.5 Å². The number of nitrogens with zero attached hydrogens (tertiary/aromatic N) is 5. The van der Waals surface area contributed by atoms with E-state index in [2.05, 4.69) is 25.7 Å². The number of carbonyl (C=O) groups is 2. The molecule has 1 aromatic carbocycles. The second-order valence-electron chi connectivity index (χ2n) is 8.27. The van der Waals surface area contributed by atoms with Crippen LogP contribution in [0.15, 0.2) is 40.2 Å². The molecule has 9 nitrogen and oxygen atoms in total. The molecule has 0 bridgehead atoms. The van der Waals surface area contributed by atoms with Gasteiger partial charge in [0.1, 0.15) is 27.7 Å². The summed E-state index contributed by atoms with van der Waals surface area (Å²) in [5.74, 6) is 0.378. The molecule has 0 aliphatic carbocycles. The number of amides is 2. The number of hydrogen-bond donors (Lipinski definition) is 1. The topological polar surface area (TPSA) is 114 Å². The molecule has 0 atom stereocenters. The van der Waals surface area contributed by atoms with E-state index >= 15 is 0 Å². The Morgan fingerprint density at radius 1 is 1.17 bits per heavy atom. The van der Waals surface area contributed by atoms with Gasteiger partial charge in [-0.3, -0.25) is 14.9 Å². The zero-order chi connectivity index (χ0) is 24.4. The summed E-state index contributed by atoms with van der Waals surface area (Å²) in [5, 5.41) is 19.0. The summed E-state index contributed by atoms with van der Waals surface area (Å²) >= 11 is 2.85. The van der Waals surface area contributed by atoms with Crippen LogP contribution >= 0.6 is 22.7 Å². The molecule has 1 aliphatic heterocycles. The first-order valence-electron chi connectivity index (χ1n) is 11.4. The number of piperidine rings is 1. The van der Waals surface area contributed by atoms with Gasteiger partial charge in [0.05, 0.1) is 5.01 Å². The van der Waals surface area contributed by atoms with Gasteiger partial charge in [-0.2, -0.15) is 0 Å². The maximum Gasteiger partial charge on any atom is 0.276 e. The molecule has 5 rings (SSSR count). The Hall–Kier alpha value is -3.44. The van der Waals surface area contributed by atoms with Gasteiger partial charge in [-0.25, -0.2) is 4.98 Å². The molecule has 11 heteroatoms. The summed E-state index contributed by atoms with van der Waals surface area (Å²) in [6, 6.07) is 9.60. The standard InChI is InChI=1S/C24H24N6O3S2/c1-3-18-27-28-24(35-18)26-21(31)17-13-34-22(25-17)16-9-11-30(12-10-16)23(32)19-14(2)33-29-20(19)15-7-5-4-6-8-15/h4-8,13,16H,3,9-12H2,1-2H3,(H,26,28,31). The predicted octanol–water partition coefficient (Wildman–Crippen LogP) is 4.79. The Morgan fingerprint density at radius 2 is 1.94 bits per heavy atom. The van der Waals surface area contributed by atoms with Gasteiger partial charge in [0.2, 0.25) is 5.13 Å². The quantitative estimate of drug-likeness (QED) is 0.398. The first-order valence-corrected chi connectivity index (χ1v) is 13.1. The number of benzene rings is 1. The number of nitrogens with one attached hydrogen (secondary N) is 1. The largest absolute Gasteiger partial charge is 0.360 e. The highest BCUT2D eigenvalue weighted by Gasteiger charge is 2.31. The highest BCUT2D eigenvalue weighted by molar-refractivity contribution is 7.15. The minimum atomic E-state index is -0.282. The van der Waals surface area contributed by atoms with Crippen molar-refractivity contribution in [2.24, 2.45) is 0 Å². The van der Waals surface area contributed by atoms with Gasteiger partial charge in [-0.05, 0) is 26.2 Å². The molecule has 35 heavy (non-hydrogen) atoms. The number of rotatable bonds is 6. The van der Waals surface area contributed by atoms with Gasteiger partial charge in [-0.1, -0.05) is 53.7 Å². The number of anilines is 1. The molecule has 1 fully saturated rings. The highest BCUT2D eigenvalue weighted by atomic mass is 32.1. The Morgan fingerprint density at radius 3 is 2.66 bits per heavy atom. The molecule has 1 saturated heterocycles. The minimum Gasteiger partial charge on any atom is -0.360 e. The molecule has 4 heterocycles. The van der Waals surface area contributed by atoms with Crippen LogP contribution in [-0.2, 0) is 6.42 Å². The van der Waals surface area contributed by atoms with Crippen LogP contribution in [0.5, 0.6) is 0 Å². The lowest BCUT2D eigenvalue weighted by molar-refractivity contribution is 0.0712. The molecule has 4 aromatic rings. The first kappa shape index (κ1) is 23.3. The van der Waals surface area contributed by atoms with Gasteiger partial charge in [0, 0.05) is 30.0 Å². The average Bonchev–Trinajstić information content (AvgIpc) is 3.64. The molecule has 1 N–H and O–H groups in total. The van der Waals surface area contributed by atoms with Gasteiger partial charge in [0.25, 0.3) is 11.8 Å². The van der Waals surface area contributed by atoms with Gasteiger partial charge < -0.3 is 9.42 Å². The van der Waals surface area contributed by atoms with Crippen molar-refractivity contribution in [1.29, 1.82) is 0 Å². The minimum absolute atomic E-state index is 0.0660. The van der Waals surface area contributed by atoms with E-state index in [4.69, 9.17) is 4.52 Å². The van der Waals surface area contributed by atoms with Crippen LogP contribution in [0.1, 0.15) is 62.3 Å². The van der Waals surface area contributed by atoms with E-state index in [-0.39, 0.29) is 17.7 Å². The van der Waals surface area contributed by atoms with Crippen LogP contribution in [0.2, 0.25) is 0 Å². The third-order valence-electron chi connectivity index (χ3n) is 6.00. The zero-order valence-electron chi connectivity index (χ0n) is 19.4. The smallest absolute Gasteiger partial charge is 0.276 e. The molecular formula is C24H24N6O3S2. The van der Waals surface area contributed by atoms with Crippen molar-refractivity contribution in [2.75, 3.05) is 18.4 Å². The molecule has 0 unspecified atom stereocenters. The lowest BCUT2D eigenvalue weighted by Crippen LogP contribution is -2.38. The SMILES string of the molecule is CCc1nnc(NC(=O)c2csc(C3CCN(C(=O)c4c(-c5ccccc5)noc4C)CC3)n2)s1.